The van der Waals surface area contributed by atoms with Crippen LogP contribution in [0.1, 0.15) is 18.4 Å². The first-order chi connectivity index (χ1) is 19.0. The summed E-state index contributed by atoms with van der Waals surface area (Å²) in [4.78, 5) is 28.7. The van der Waals surface area contributed by atoms with E-state index in [2.05, 4.69) is 20.5 Å². The first-order valence-corrected chi connectivity index (χ1v) is 12.1. The molecule has 0 aliphatic heterocycles. The number of hydrogen-bond acceptors (Lipinski definition) is 7. The fourth-order valence-corrected chi connectivity index (χ4v) is 3.87. The molecule has 15 heteroatoms. The van der Waals surface area contributed by atoms with Gasteiger partial charge in [0.05, 0.1) is 11.1 Å². The molecule has 0 radical (unpaired) electrons. The summed E-state index contributed by atoms with van der Waals surface area (Å²) in [5.74, 6) is -5.39. The fraction of sp³-hybridized carbons (Fsp3) is 0.320. The molecule has 1 aromatic heterocycles. The molecule has 40 heavy (non-hydrogen) atoms. The second-order valence-corrected chi connectivity index (χ2v) is 9.02. The van der Waals surface area contributed by atoms with Crippen molar-refractivity contribution in [1.29, 1.82) is 5.53 Å². The minimum atomic E-state index is -3.49. The topological polar surface area (TPSA) is 135 Å². The maximum Gasteiger partial charge on any atom is 0.414 e. The van der Waals surface area contributed by atoms with Crippen LogP contribution in [-0.2, 0) is 16.0 Å². The van der Waals surface area contributed by atoms with Crippen LogP contribution >= 0.6 is 11.6 Å². The average molecular weight is 584 g/mol. The second-order valence-electron chi connectivity index (χ2n) is 8.64. The number of hydrogen-bond donors (Lipinski definition) is 2. The Morgan fingerprint density at radius 3 is 2.73 bits per heavy atom. The van der Waals surface area contributed by atoms with Gasteiger partial charge in [0.15, 0.2) is 6.54 Å². The number of carbonyl (C=O) groups is 2. The SMILES string of the molecule is CN(C(=O)CCc1cccc(F)c1Cl)[C@H](COC(=O)Nc1cc(-c2cccc(F)c2)no1)CC(F)(F)CN=[N+]=N. The van der Waals surface area contributed by atoms with E-state index in [-0.39, 0.29) is 29.4 Å². The number of likely N-dealkylation sites (N-methyl/N-ethyl adjacent to an activating group) is 1. The lowest BCUT2D eigenvalue weighted by molar-refractivity contribution is -0.134. The van der Waals surface area contributed by atoms with Crippen LogP contribution in [0.15, 0.2) is 58.2 Å². The number of rotatable bonds is 12. The van der Waals surface area contributed by atoms with Gasteiger partial charge in [-0.3, -0.25) is 10.1 Å². The molecule has 2 aromatic carbocycles. The Morgan fingerprint density at radius 1 is 1.25 bits per heavy atom. The third kappa shape index (κ3) is 8.61. The Labute approximate surface area is 230 Å². The molecule has 0 aliphatic carbocycles. The number of carbonyl (C=O) groups excluding carboxylic acids is 2. The van der Waals surface area contributed by atoms with E-state index in [1.807, 2.05) is 0 Å². The summed E-state index contributed by atoms with van der Waals surface area (Å²) in [6.07, 6.45) is -2.21. The second kappa shape index (κ2) is 13.7. The van der Waals surface area contributed by atoms with Gasteiger partial charge in [-0.1, -0.05) is 41.0 Å². The molecule has 0 saturated heterocycles. The molecule has 0 spiro atoms. The number of amides is 2. The Morgan fingerprint density at radius 2 is 2.00 bits per heavy atom. The number of halogens is 5. The number of nitrogens with zero attached hydrogens (tertiary/aromatic N) is 4. The average Bonchev–Trinajstić information content (AvgIpc) is 3.38. The maximum absolute atomic E-state index is 14.5. The van der Waals surface area contributed by atoms with Crippen molar-refractivity contribution in [2.45, 2.75) is 31.2 Å². The van der Waals surface area contributed by atoms with Crippen molar-refractivity contribution < 1.29 is 36.4 Å². The lowest BCUT2D eigenvalue weighted by Crippen LogP contribution is -2.45. The minimum Gasteiger partial charge on any atom is -0.447 e. The summed E-state index contributed by atoms with van der Waals surface area (Å²) in [6.45, 7) is -1.76. The number of ether oxygens (including phenoxy) is 1. The van der Waals surface area contributed by atoms with Gasteiger partial charge in [-0.2, -0.15) is 0 Å². The number of aromatic nitrogens is 1. The van der Waals surface area contributed by atoms with Crippen LogP contribution in [0.5, 0.6) is 0 Å². The fourth-order valence-electron chi connectivity index (χ4n) is 3.65. The van der Waals surface area contributed by atoms with Gasteiger partial charge in [0, 0.05) is 31.5 Å². The molecular weight excluding hydrogens is 560 g/mol. The zero-order valence-corrected chi connectivity index (χ0v) is 21.8. The zero-order chi connectivity index (χ0) is 29.3. The highest BCUT2D eigenvalue weighted by Gasteiger charge is 2.38. The maximum atomic E-state index is 14.5. The summed E-state index contributed by atoms with van der Waals surface area (Å²) in [6, 6.07) is 9.61. The number of aryl methyl sites for hydroxylation is 1. The van der Waals surface area contributed by atoms with Crippen LogP contribution in [0.3, 0.4) is 0 Å². The van der Waals surface area contributed by atoms with Gasteiger partial charge < -0.3 is 14.2 Å². The number of alkyl halides is 2. The normalized spacial score (nSPS) is 11.8. The number of nitrogens with one attached hydrogen (secondary N) is 2. The molecule has 10 nitrogen and oxygen atoms in total. The summed E-state index contributed by atoms with van der Waals surface area (Å²) < 4.78 is 66.1. The smallest absolute Gasteiger partial charge is 0.414 e. The van der Waals surface area contributed by atoms with Gasteiger partial charge in [0.25, 0.3) is 5.92 Å². The van der Waals surface area contributed by atoms with Crippen LogP contribution < -0.4 is 10.2 Å². The predicted molar refractivity (Wildman–Crippen MR) is 135 cm³/mol. The van der Waals surface area contributed by atoms with Gasteiger partial charge >= 0.3 is 6.09 Å². The van der Waals surface area contributed by atoms with E-state index < -0.39 is 55.2 Å². The van der Waals surface area contributed by atoms with E-state index in [0.717, 1.165) is 11.0 Å². The van der Waals surface area contributed by atoms with Crippen molar-refractivity contribution >= 4 is 29.5 Å². The molecule has 1 heterocycles. The Hall–Kier alpha value is -4.29. The molecule has 1 atom stereocenters. The van der Waals surface area contributed by atoms with E-state index in [1.165, 1.54) is 43.4 Å². The molecule has 2 N–H and O–H groups in total. The first kappa shape index (κ1) is 30.3. The minimum absolute atomic E-state index is 0.0381. The summed E-state index contributed by atoms with van der Waals surface area (Å²) in [7, 11) is 1.26. The van der Waals surface area contributed by atoms with Gasteiger partial charge in [0.1, 0.15) is 34.6 Å². The molecule has 3 rings (SSSR count). The molecule has 0 aliphatic rings. The van der Waals surface area contributed by atoms with Gasteiger partial charge in [0.2, 0.25) is 16.7 Å². The Kier molecular flexibility index (Phi) is 10.3. The zero-order valence-electron chi connectivity index (χ0n) is 21.0. The Balaban J connectivity index is 1.65. The van der Waals surface area contributed by atoms with E-state index >= 15 is 0 Å². The summed E-state index contributed by atoms with van der Waals surface area (Å²) >= 11 is 5.92. The molecule has 3 aromatic rings. The van der Waals surface area contributed by atoms with Crippen LogP contribution in [-0.4, -0.2) is 54.2 Å². The molecule has 0 fully saturated rings. The lowest BCUT2D eigenvalue weighted by atomic mass is 10.1. The lowest BCUT2D eigenvalue weighted by Gasteiger charge is -2.30. The molecule has 0 saturated carbocycles. The highest BCUT2D eigenvalue weighted by atomic mass is 35.5. The van der Waals surface area contributed by atoms with Crippen molar-refractivity contribution in [3.05, 3.63) is 70.8 Å². The van der Waals surface area contributed by atoms with Crippen molar-refractivity contribution in [2.75, 3.05) is 25.5 Å². The van der Waals surface area contributed by atoms with E-state index in [1.54, 1.807) is 6.07 Å². The summed E-state index contributed by atoms with van der Waals surface area (Å²) in [5, 5.41) is 8.83. The molecular formula is C25H24ClF4N6O4+. The van der Waals surface area contributed by atoms with Gasteiger partial charge in [-0.15, -0.1) is 0 Å². The predicted octanol–water partition coefficient (Wildman–Crippen LogP) is 5.86. The molecule has 0 unspecified atom stereocenters. The van der Waals surface area contributed by atoms with Crippen molar-refractivity contribution in [3.8, 4) is 11.3 Å². The number of anilines is 1. The van der Waals surface area contributed by atoms with Crippen molar-refractivity contribution in [2.24, 2.45) is 5.11 Å². The molecule has 2 amide bonds. The quantitative estimate of drug-likeness (QED) is 0.156. The van der Waals surface area contributed by atoms with Crippen LogP contribution in [0.25, 0.3) is 11.3 Å². The monoisotopic (exact) mass is 583 g/mol. The first-order valence-electron chi connectivity index (χ1n) is 11.7. The molecule has 0 bridgehead atoms. The highest BCUT2D eigenvalue weighted by molar-refractivity contribution is 6.31. The van der Waals surface area contributed by atoms with Gasteiger partial charge in [-0.25, -0.2) is 22.4 Å². The van der Waals surface area contributed by atoms with Crippen LogP contribution in [0, 0.1) is 17.2 Å². The largest absolute Gasteiger partial charge is 0.447 e. The van der Waals surface area contributed by atoms with E-state index in [4.69, 9.17) is 26.4 Å². The summed E-state index contributed by atoms with van der Waals surface area (Å²) in [5.41, 5.74) is 7.58. The standard InChI is InChI=1S/C25H23ClF4N6O4/c1-36(22(37)9-8-15-4-3-7-19(28)23(15)26)18(12-25(29,30)14-32-35-31)13-39-24(38)33-21-11-20(34-40-21)16-5-2-6-17(27)10-16/h2-7,10-11,18,31H,8-9,12-14H2,1H3/p+1/t18-/m0/s1. The van der Waals surface area contributed by atoms with Crippen molar-refractivity contribution in [1.82, 2.24) is 15.0 Å². The van der Waals surface area contributed by atoms with Crippen LogP contribution in [0.4, 0.5) is 28.2 Å². The third-order valence-electron chi connectivity index (χ3n) is 5.75. The number of benzene rings is 2. The van der Waals surface area contributed by atoms with Crippen molar-refractivity contribution in [3.63, 3.8) is 0 Å². The Bertz CT molecular complexity index is 1400. The highest BCUT2D eigenvalue weighted by Crippen LogP contribution is 2.26. The van der Waals surface area contributed by atoms with E-state index in [9.17, 15) is 27.2 Å². The van der Waals surface area contributed by atoms with Crippen LogP contribution in [0.2, 0.25) is 5.02 Å². The van der Waals surface area contributed by atoms with E-state index in [0.29, 0.717) is 11.1 Å². The van der Waals surface area contributed by atoms with Gasteiger partial charge in [-0.05, 0) is 30.2 Å². The third-order valence-corrected chi connectivity index (χ3v) is 6.17. The molecule has 212 valence electrons.